The lowest BCUT2D eigenvalue weighted by atomic mass is 10.2. The Labute approximate surface area is 137 Å². The van der Waals surface area contributed by atoms with Gasteiger partial charge < -0.3 is 5.32 Å². The van der Waals surface area contributed by atoms with Crippen molar-refractivity contribution in [1.82, 2.24) is 25.5 Å². The fraction of sp³-hybridized carbons (Fsp3) is 0.417. The van der Waals surface area contributed by atoms with Crippen LogP contribution in [0.25, 0.3) is 0 Å². The number of rotatable bonds is 7. The predicted molar refractivity (Wildman–Crippen MR) is 87.2 cm³/mol. The lowest BCUT2D eigenvalue weighted by Crippen LogP contribution is -2.15. The molecule has 2 aromatic rings. The molecule has 8 heteroatoms. The standard InChI is InChI=1S/C12H16BrN5S.ClH/c1-18-12(15-16-17-18)19-7-3-6-14-9-10-4-2-5-11(13)8-10;/h2,4-5,8,14H,3,6-7,9H2,1H3;1H. The highest BCUT2D eigenvalue weighted by Crippen LogP contribution is 2.13. The maximum atomic E-state index is 3.93. The van der Waals surface area contributed by atoms with Crippen molar-refractivity contribution >= 4 is 40.1 Å². The van der Waals surface area contributed by atoms with E-state index >= 15 is 0 Å². The molecule has 2 rings (SSSR count). The van der Waals surface area contributed by atoms with Gasteiger partial charge in [0.25, 0.3) is 0 Å². The molecule has 110 valence electrons. The van der Waals surface area contributed by atoms with Gasteiger partial charge in [-0.15, -0.1) is 17.5 Å². The van der Waals surface area contributed by atoms with Crippen LogP contribution in [0.4, 0.5) is 0 Å². The number of hydrogen-bond donors (Lipinski definition) is 1. The molecule has 0 saturated carbocycles. The topological polar surface area (TPSA) is 55.6 Å². The fourth-order valence-corrected chi connectivity index (χ4v) is 2.82. The maximum absolute atomic E-state index is 3.93. The van der Waals surface area contributed by atoms with E-state index in [4.69, 9.17) is 0 Å². The molecule has 0 unspecified atom stereocenters. The maximum Gasteiger partial charge on any atom is 0.209 e. The summed E-state index contributed by atoms with van der Waals surface area (Å²) < 4.78 is 2.82. The average molecular weight is 379 g/mol. The Hall–Kier alpha value is -0.630. The minimum absolute atomic E-state index is 0. The van der Waals surface area contributed by atoms with Crippen LogP contribution in [0.15, 0.2) is 33.9 Å². The van der Waals surface area contributed by atoms with Gasteiger partial charge in [0, 0.05) is 23.8 Å². The lowest BCUT2D eigenvalue weighted by Gasteiger charge is -2.05. The number of nitrogens with zero attached hydrogens (tertiary/aromatic N) is 4. The fourth-order valence-electron chi connectivity index (χ4n) is 1.58. The molecule has 0 aliphatic carbocycles. The first-order chi connectivity index (χ1) is 9.25. The van der Waals surface area contributed by atoms with Crippen LogP contribution in [-0.2, 0) is 13.6 Å². The molecule has 0 spiro atoms. The Balaban J connectivity index is 0.00000200. The first-order valence-electron chi connectivity index (χ1n) is 6.06. The van der Waals surface area contributed by atoms with E-state index in [1.54, 1.807) is 16.4 Å². The summed E-state index contributed by atoms with van der Waals surface area (Å²) in [6, 6.07) is 8.35. The highest BCUT2D eigenvalue weighted by molar-refractivity contribution is 9.10. The molecule has 0 saturated heterocycles. The van der Waals surface area contributed by atoms with Crippen molar-refractivity contribution in [3.05, 3.63) is 34.3 Å². The predicted octanol–water partition coefficient (Wildman–Crippen LogP) is 2.67. The van der Waals surface area contributed by atoms with Crippen LogP contribution >= 0.6 is 40.1 Å². The van der Waals surface area contributed by atoms with E-state index in [1.807, 2.05) is 13.1 Å². The molecule has 0 aliphatic heterocycles. The summed E-state index contributed by atoms with van der Waals surface area (Å²) in [6.45, 7) is 1.89. The molecule has 0 radical (unpaired) electrons. The SMILES string of the molecule is Cl.Cn1nnnc1SCCCNCc1cccc(Br)c1. The molecule has 5 nitrogen and oxygen atoms in total. The largest absolute Gasteiger partial charge is 0.313 e. The normalized spacial score (nSPS) is 10.3. The third kappa shape index (κ3) is 5.78. The van der Waals surface area contributed by atoms with Gasteiger partial charge in [0.15, 0.2) is 0 Å². The van der Waals surface area contributed by atoms with Crippen molar-refractivity contribution in [3.8, 4) is 0 Å². The number of aromatic nitrogens is 4. The van der Waals surface area contributed by atoms with Gasteiger partial charge in [0.1, 0.15) is 0 Å². The molecule has 0 bridgehead atoms. The molecule has 1 heterocycles. The number of thioether (sulfide) groups is 1. The quantitative estimate of drug-likeness (QED) is 0.593. The number of hydrogen-bond acceptors (Lipinski definition) is 5. The number of benzene rings is 1. The van der Waals surface area contributed by atoms with Crippen molar-refractivity contribution in [2.24, 2.45) is 7.05 Å². The number of tetrazole rings is 1. The molecule has 20 heavy (non-hydrogen) atoms. The molecular formula is C12H17BrClN5S. The Morgan fingerprint density at radius 3 is 2.95 bits per heavy atom. The van der Waals surface area contributed by atoms with Crippen LogP contribution in [0.1, 0.15) is 12.0 Å². The van der Waals surface area contributed by atoms with E-state index < -0.39 is 0 Å². The monoisotopic (exact) mass is 377 g/mol. The number of aryl methyl sites for hydroxylation is 1. The van der Waals surface area contributed by atoms with Crippen LogP contribution in [0.3, 0.4) is 0 Å². The van der Waals surface area contributed by atoms with E-state index in [-0.39, 0.29) is 12.4 Å². The van der Waals surface area contributed by atoms with Crippen molar-refractivity contribution in [1.29, 1.82) is 0 Å². The van der Waals surface area contributed by atoms with E-state index in [0.717, 1.165) is 34.9 Å². The van der Waals surface area contributed by atoms with Gasteiger partial charge in [0.05, 0.1) is 0 Å². The van der Waals surface area contributed by atoms with Gasteiger partial charge in [-0.2, -0.15) is 0 Å². The van der Waals surface area contributed by atoms with E-state index in [1.165, 1.54) is 5.56 Å². The zero-order chi connectivity index (χ0) is 13.5. The highest BCUT2D eigenvalue weighted by Gasteiger charge is 2.01. The molecular weight excluding hydrogens is 362 g/mol. The molecule has 1 N–H and O–H groups in total. The Bertz CT molecular complexity index is 522. The van der Waals surface area contributed by atoms with Crippen LogP contribution in [-0.4, -0.2) is 32.5 Å². The smallest absolute Gasteiger partial charge is 0.209 e. The third-order valence-corrected chi connectivity index (χ3v) is 4.12. The number of halogens is 2. The van der Waals surface area contributed by atoms with Gasteiger partial charge >= 0.3 is 0 Å². The molecule has 1 aromatic carbocycles. The van der Waals surface area contributed by atoms with Crippen LogP contribution in [0, 0.1) is 0 Å². The lowest BCUT2D eigenvalue weighted by molar-refractivity contribution is 0.661. The summed E-state index contributed by atoms with van der Waals surface area (Å²) in [6.07, 6.45) is 1.09. The second-order valence-electron chi connectivity index (χ2n) is 4.09. The summed E-state index contributed by atoms with van der Waals surface area (Å²) >= 11 is 5.15. The molecule has 0 amide bonds. The van der Waals surface area contributed by atoms with Gasteiger partial charge in [-0.1, -0.05) is 39.8 Å². The second-order valence-corrected chi connectivity index (χ2v) is 6.07. The summed E-state index contributed by atoms with van der Waals surface area (Å²) in [7, 11) is 1.86. The van der Waals surface area contributed by atoms with Crippen molar-refractivity contribution < 1.29 is 0 Å². The van der Waals surface area contributed by atoms with Crippen molar-refractivity contribution in [2.75, 3.05) is 12.3 Å². The first kappa shape index (κ1) is 17.4. The van der Waals surface area contributed by atoms with Crippen LogP contribution < -0.4 is 5.32 Å². The summed E-state index contributed by atoms with van der Waals surface area (Å²) in [5.74, 6) is 1.01. The Morgan fingerprint density at radius 2 is 2.25 bits per heavy atom. The Kier molecular flexibility index (Phi) is 8.13. The number of nitrogens with one attached hydrogen (secondary N) is 1. The minimum atomic E-state index is 0. The van der Waals surface area contributed by atoms with Gasteiger partial charge in [-0.05, 0) is 41.1 Å². The average Bonchev–Trinajstić information content (AvgIpc) is 2.79. The first-order valence-corrected chi connectivity index (χ1v) is 7.84. The van der Waals surface area contributed by atoms with Crippen molar-refractivity contribution in [2.45, 2.75) is 18.1 Å². The highest BCUT2D eigenvalue weighted by atomic mass is 79.9. The summed E-state index contributed by atoms with van der Waals surface area (Å²) in [4.78, 5) is 0. The summed E-state index contributed by atoms with van der Waals surface area (Å²) in [5.41, 5.74) is 1.29. The van der Waals surface area contributed by atoms with Gasteiger partial charge in [-0.3, -0.25) is 0 Å². The molecule has 0 aliphatic rings. The molecule has 1 aromatic heterocycles. The Morgan fingerprint density at radius 1 is 1.40 bits per heavy atom. The molecule has 0 atom stereocenters. The second kappa shape index (κ2) is 9.33. The third-order valence-electron chi connectivity index (χ3n) is 2.53. The summed E-state index contributed by atoms with van der Waals surface area (Å²) in [5, 5.41) is 15.6. The van der Waals surface area contributed by atoms with Gasteiger partial charge in [0.2, 0.25) is 5.16 Å². The van der Waals surface area contributed by atoms with Gasteiger partial charge in [-0.25, -0.2) is 4.68 Å². The minimum Gasteiger partial charge on any atom is -0.313 e. The van der Waals surface area contributed by atoms with Crippen LogP contribution in [0.2, 0.25) is 0 Å². The van der Waals surface area contributed by atoms with E-state index in [2.05, 4.69) is 55.0 Å². The zero-order valence-electron chi connectivity index (χ0n) is 11.1. The van der Waals surface area contributed by atoms with Crippen LogP contribution in [0.5, 0.6) is 0 Å². The van der Waals surface area contributed by atoms with E-state index in [9.17, 15) is 0 Å². The van der Waals surface area contributed by atoms with Crippen molar-refractivity contribution in [3.63, 3.8) is 0 Å². The molecule has 0 fully saturated rings. The van der Waals surface area contributed by atoms with E-state index in [0.29, 0.717) is 0 Å². The zero-order valence-corrected chi connectivity index (χ0v) is 14.3.